The lowest BCUT2D eigenvalue weighted by atomic mass is 9.96. The maximum Gasteiger partial charge on any atom is 0.289 e. The standard InChI is InChI=1S/C16H13N3S/c1-11-5-3-4-6-12(11)16-15-13(7-9-18(16)2)19-14(17-15)8-10-20-19/h3-10H,2H2,1H3. The first kappa shape index (κ1) is 11.5. The molecule has 0 saturated heterocycles. The van der Waals surface area contributed by atoms with E-state index in [1.54, 1.807) is 11.5 Å². The molecule has 2 aromatic heterocycles. The number of rotatable bonds is 1. The van der Waals surface area contributed by atoms with Crippen molar-refractivity contribution in [2.45, 2.75) is 6.92 Å². The molecule has 98 valence electrons. The first-order valence-corrected chi connectivity index (χ1v) is 7.27. The van der Waals surface area contributed by atoms with E-state index in [4.69, 9.17) is 4.98 Å². The quantitative estimate of drug-likeness (QED) is 0.381. The minimum Gasteiger partial charge on any atom is -0.331 e. The van der Waals surface area contributed by atoms with Crippen LogP contribution in [0.15, 0.2) is 41.9 Å². The molecule has 1 aliphatic heterocycles. The average Bonchev–Trinajstić information content (AvgIpc) is 3.00. The van der Waals surface area contributed by atoms with Crippen LogP contribution in [0.1, 0.15) is 22.5 Å². The predicted octanol–water partition coefficient (Wildman–Crippen LogP) is 2.53. The highest BCUT2D eigenvalue weighted by Crippen LogP contribution is 2.31. The van der Waals surface area contributed by atoms with Crippen LogP contribution >= 0.6 is 11.5 Å². The van der Waals surface area contributed by atoms with Crippen molar-refractivity contribution in [2.24, 2.45) is 0 Å². The Balaban J connectivity index is 1.99. The van der Waals surface area contributed by atoms with Crippen molar-refractivity contribution in [3.63, 3.8) is 0 Å². The van der Waals surface area contributed by atoms with Gasteiger partial charge in [-0.1, -0.05) is 35.9 Å². The molecular formula is C16H13N3S. The summed E-state index contributed by atoms with van der Waals surface area (Å²) < 4.78 is 4.05. The molecule has 0 unspecified atom stereocenters. The third-order valence-electron chi connectivity index (χ3n) is 3.60. The smallest absolute Gasteiger partial charge is 0.289 e. The Morgan fingerprint density at radius 2 is 2.20 bits per heavy atom. The lowest BCUT2D eigenvalue weighted by Crippen LogP contribution is -2.24. The van der Waals surface area contributed by atoms with Gasteiger partial charge in [0.2, 0.25) is 5.65 Å². The zero-order chi connectivity index (χ0) is 13.7. The maximum absolute atomic E-state index is 4.77. The highest BCUT2D eigenvalue weighted by atomic mass is 32.1. The molecule has 20 heavy (non-hydrogen) atoms. The second kappa shape index (κ2) is 4.08. The van der Waals surface area contributed by atoms with Gasteiger partial charge in [0.1, 0.15) is 23.8 Å². The topological polar surface area (TPSA) is 20.0 Å². The van der Waals surface area contributed by atoms with Crippen molar-refractivity contribution < 1.29 is 8.37 Å². The Hall–Kier alpha value is -2.33. The highest BCUT2D eigenvalue weighted by Gasteiger charge is 2.28. The molecule has 0 amide bonds. The van der Waals surface area contributed by atoms with Gasteiger partial charge < -0.3 is 4.58 Å². The van der Waals surface area contributed by atoms with E-state index >= 15 is 0 Å². The molecule has 0 saturated carbocycles. The van der Waals surface area contributed by atoms with Gasteiger partial charge in [-0.2, -0.15) is 4.98 Å². The van der Waals surface area contributed by atoms with Gasteiger partial charge in [0.15, 0.2) is 0 Å². The fraction of sp³-hybridized carbons (Fsp3) is 0.0625. The van der Waals surface area contributed by atoms with Crippen LogP contribution in [0, 0.1) is 13.0 Å². The number of imidazole rings is 1. The number of fused-ring (bicyclic) bond motifs is 3. The summed E-state index contributed by atoms with van der Waals surface area (Å²) >= 11 is 1.66. The first-order valence-electron chi connectivity index (χ1n) is 6.43. The third kappa shape index (κ3) is 1.48. The number of aryl methyl sites for hydroxylation is 1. The predicted molar refractivity (Wildman–Crippen MR) is 79.9 cm³/mol. The number of hydrogen-bond donors (Lipinski definition) is 0. The fourth-order valence-corrected chi connectivity index (χ4v) is 3.39. The lowest BCUT2D eigenvalue weighted by Gasteiger charge is -2.24. The summed E-state index contributed by atoms with van der Waals surface area (Å²) in [6.07, 6.45) is 4.07. The SMILES string of the molecule is C=[N+]1C=C[c-]2c(nc3c[cH-][s+][n+]32)[C-]1c1ccccc1C. The highest BCUT2D eigenvalue weighted by molar-refractivity contribution is 6.99. The summed E-state index contributed by atoms with van der Waals surface area (Å²) in [7, 11) is 0. The zero-order valence-corrected chi connectivity index (χ0v) is 11.9. The van der Waals surface area contributed by atoms with Gasteiger partial charge in [-0.25, -0.2) is 0 Å². The summed E-state index contributed by atoms with van der Waals surface area (Å²) in [5.74, 6) is 0. The van der Waals surface area contributed by atoms with Gasteiger partial charge in [-0.15, -0.1) is 9.87 Å². The molecule has 4 heteroatoms. The molecule has 0 spiro atoms. The van der Waals surface area contributed by atoms with Crippen LogP contribution in [0.25, 0.3) is 11.7 Å². The van der Waals surface area contributed by atoms with Gasteiger partial charge in [-0.05, 0) is 12.5 Å². The summed E-state index contributed by atoms with van der Waals surface area (Å²) in [4.78, 5) is 4.77. The Morgan fingerprint density at radius 3 is 3.05 bits per heavy atom. The van der Waals surface area contributed by atoms with E-state index in [1.807, 2.05) is 16.8 Å². The Kier molecular flexibility index (Phi) is 2.35. The zero-order valence-electron chi connectivity index (χ0n) is 11.1. The van der Waals surface area contributed by atoms with Crippen LogP contribution in [0.2, 0.25) is 0 Å². The van der Waals surface area contributed by atoms with Crippen molar-refractivity contribution in [1.82, 2.24) is 4.98 Å². The van der Waals surface area contributed by atoms with Crippen molar-refractivity contribution in [1.29, 1.82) is 0 Å². The molecule has 3 nitrogen and oxygen atoms in total. The Bertz CT molecular complexity index is 854. The second-order valence-electron chi connectivity index (χ2n) is 4.86. The van der Waals surface area contributed by atoms with Crippen LogP contribution in [0.4, 0.5) is 0 Å². The van der Waals surface area contributed by atoms with Crippen LogP contribution in [0.3, 0.4) is 0 Å². The number of aromatic nitrogens is 2. The third-order valence-corrected chi connectivity index (χ3v) is 4.46. The van der Waals surface area contributed by atoms with Gasteiger partial charge in [0.05, 0.1) is 5.69 Å². The summed E-state index contributed by atoms with van der Waals surface area (Å²) in [5.41, 5.74) is 5.54. The van der Waals surface area contributed by atoms with Crippen LogP contribution in [0.5, 0.6) is 0 Å². The Morgan fingerprint density at radius 1 is 1.35 bits per heavy atom. The Labute approximate surface area is 121 Å². The van der Waals surface area contributed by atoms with E-state index in [0.717, 1.165) is 23.1 Å². The monoisotopic (exact) mass is 279 g/mol. The minimum absolute atomic E-state index is 0.992. The summed E-state index contributed by atoms with van der Waals surface area (Å²) in [6.45, 7) is 6.23. The van der Waals surface area contributed by atoms with E-state index in [1.165, 1.54) is 11.1 Å². The van der Waals surface area contributed by atoms with Gasteiger partial charge >= 0.3 is 0 Å². The number of benzene rings is 1. The largest absolute Gasteiger partial charge is 0.331 e. The van der Waals surface area contributed by atoms with Crippen molar-refractivity contribution in [3.8, 4) is 0 Å². The summed E-state index contributed by atoms with van der Waals surface area (Å²) in [6, 6.07) is 11.5. The number of nitrogens with zero attached hydrogens (tertiary/aromatic N) is 3. The second-order valence-corrected chi connectivity index (χ2v) is 5.70. The van der Waals surface area contributed by atoms with Crippen molar-refractivity contribution in [3.05, 3.63) is 70.5 Å². The van der Waals surface area contributed by atoms with Crippen LogP contribution in [-0.2, 0) is 0 Å². The molecule has 1 aromatic carbocycles. The lowest BCUT2D eigenvalue weighted by molar-refractivity contribution is -0.444. The normalized spacial score (nSPS) is 14.1. The molecule has 0 atom stereocenters. The van der Waals surface area contributed by atoms with Gasteiger partial charge in [0, 0.05) is 6.20 Å². The average molecular weight is 279 g/mol. The van der Waals surface area contributed by atoms with Gasteiger partial charge in [0.25, 0.3) is 11.5 Å². The summed E-state index contributed by atoms with van der Waals surface area (Å²) in [5, 5.41) is 2.06. The molecule has 0 bridgehead atoms. The number of hydrogen-bond acceptors (Lipinski definition) is 1. The molecule has 0 radical (unpaired) electrons. The van der Waals surface area contributed by atoms with Crippen LogP contribution < -0.4 is 3.79 Å². The van der Waals surface area contributed by atoms with E-state index in [0.29, 0.717) is 0 Å². The van der Waals surface area contributed by atoms with Crippen molar-refractivity contribution in [2.75, 3.05) is 0 Å². The van der Waals surface area contributed by atoms with Crippen molar-refractivity contribution >= 4 is 30.0 Å². The van der Waals surface area contributed by atoms with E-state index in [-0.39, 0.29) is 0 Å². The molecule has 0 aliphatic carbocycles. The van der Waals surface area contributed by atoms with Crippen LogP contribution in [-0.4, -0.2) is 16.3 Å². The molecule has 1 aliphatic rings. The minimum atomic E-state index is 0.992. The molecule has 0 fully saturated rings. The maximum atomic E-state index is 4.77. The molecular weight excluding hydrogens is 266 g/mol. The fourth-order valence-electron chi connectivity index (χ4n) is 2.62. The molecule has 4 rings (SSSR count). The van der Waals surface area contributed by atoms with E-state index in [9.17, 15) is 0 Å². The molecule has 3 aromatic rings. The molecule has 3 heterocycles. The van der Waals surface area contributed by atoms with E-state index < -0.39 is 0 Å². The van der Waals surface area contributed by atoms with E-state index in [2.05, 4.69) is 53.2 Å². The first-order chi connectivity index (χ1) is 9.75. The van der Waals surface area contributed by atoms with Gasteiger partial charge in [-0.3, -0.25) is 0 Å². The molecule has 0 N–H and O–H groups in total.